The lowest BCUT2D eigenvalue weighted by atomic mass is 10.1. The molecule has 3 aromatic rings. The Bertz CT molecular complexity index is 924. The zero-order valence-electron chi connectivity index (χ0n) is 15.7. The Kier molecular flexibility index (Phi) is 5.51. The number of hydrogen-bond donors (Lipinski definition) is 0. The van der Waals surface area contributed by atoms with E-state index in [1.165, 1.54) is 16.7 Å². The summed E-state index contributed by atoms with van der Waals surface area (Å²) in [6.07, 6.45) is 2.55. The predicted molar refractivity (Wildman–Crippen MR) is 110 cm³/mol. The third-order valence-corrected chi connectivity index (χ3v) is 5.44. The van der Waals surface area contributed by atoms with Gasteiger partial charge in [0.05, 0.1) is 5.69 Å². The summed E-state index contributed by atoms with van der Waals surface area (Å²) in [7, 11) is 0. The molecule has 0 unspecified atom stereocenters. The van der Waals surface area contributed by atoms with Gasteiger partial charge in [-0.15, -0.1) is 0 Å². The van der Waals surface area contributed by atoms with Gasteiger partial charge in [0.1, 0.15) is 11.0 Å². The average molecular weight is 378 g/mol. The molecule has 0 N–H and O–H groups in total. The van der Waals surface area contributed by atoms with Gasteiger partial charge in [0, 0.05) is 38.0 Å². The lowest BCUT2D eigenvalue weighted by Gasteiger charge is -2.19. The maximum absolute atomic E-state index is 6.56. The normalized spacial score (nSPS) is 14.6. The third-order valence-electron chi connectivity index (χ3n) is 5.13. The lowest BCUT2D eigenvalue weighted by molar-refractivity contribution is 0.279. The summed E-state index contributed by atoms with van der Waals surface area (Å²) >= 11 is 6.56. The second-order valence-corrected chi connectivity index (χ2v) is 7.64. The van der Waals surface area contributed by atoms with Gasteiger partial charge in [0.2, 0.25) is 0 Å². The molecule has 27 heavy (non-hydrogen) atoms. The van der Waals surface area contributed by atoms with Crippen LogP contribution in [0.3, 0.4) is 0 Å². The van der Waals surface area contributed by atoms with Gasteiger partial charge in [0.25, 0.3) is 0 Å². The fourth-order valence-corrected chi connectivity index (χ4v) is 4.03. The van der Waals surface area contributed by atoms with E-state index in [-0.39, 0.29) is 0 Å². The summed E-state index contributed by atoms with van der Waals surface area (Å²) in [5, 5.41) is 0.629. The van der Waals surface area contributed by atoms with Gasteiger partial charge in [-0.2, -0.15) is 0 Å². The van der Waals surface area contributed by atoms with Crippen molar-refractivity contribution in [1.29, 1.82) is 0 Å². The highest BCUT2D eigenvalue weighted by atomic mass is 35.5. The van der Waals surface area contributed by atoms with E-state index in [0.717, 1.165) is 56.0 Å². The number of rotatable bonds is 4. The molecule has 0 amide bonds. The van der Waals surface area contributed by atoms with E-state index in [2.05, 4.69) is 71.4 Å². The Morgan fingerprint density at radius 2 is 1.70 bits per heavy atom. The number of aromatic nitrogens is 2. The largest absolute Gasteiger partial charge is 0.298 e. The standard InChI is InChI=1S/C23H24ClN3/c1-17-6-5-9-19(14-17)15-22-25-21-11-13-27(12-10-20(21)23(24)26-22)16-18-7-3-2-4-8-18/h2-9,14H,10-13,15-16H2,1H3. The maximum atomic E-state index is 6.56. The molecule has 0 spiro atoms. The molecule has 0 saturated carbocycles. The van der Waals surface area contributed by atoms with Crippen molar-refractivity contribution >= 4 is 11.6 Å². The number of halogens is 1. The van der Waals surface area contributed by atoms with Crippen molar-refractivity contribution in [2.24, 2.45) is 0 Å². The van der Waals surface area contributed by atoms with Crippen LogP contribution in [0.25, 0.3) is 0 Å². The molecular weight excluding hydrogens is 354 g/mol. The topological polar surface area (TPSA) is 29.0 Å². The van der Waals surface area contributed by atoms with Crippen LogP contribution in [0, 0.1) is 6.92 Å². The SMILES string of the molecule is Cc1cccc(Cc2nc(Cl)c3c(n2)CCN(Cc2ccccc2)CC3)c1. The molecule has 0 atom stereocenters. The van der Waals surface area contributed by atoms with E-state index in [1.807, 2.05) is 0 Å². The zero-order chi connectivity index (χ0) is 18.6. The lowest BCUT2D eigenvalue weighted by Crippen LogP contribution is -2.25. The minimum Gasteiger partial charge on any atom is -0.298 e. The molecule has 2 aromatic carbocycles. The van der Waals surface area contributed by atoms with E-state index in [9.17, 15) is 0 Å². The molecule has 0 bridgehead atoms. The van der Waals surface area contributed by atoms with Crippen LogP contribution in [0.1, 0.15) is 33.8 Å². The second kappa shape index (κ2) is 8.20. The first kappa shape index (κ1) is 18.1. The second-order valence-electron chi connectivity index (χ2n) is 7.28. The molecule has 2 heterocycles. The van der Waals surface area contributed by atoms with Gasteiger partial charge in [-0.05, 0) is 24.5 Å². The quantitative estimate of drug-likeness (QED) is 0.621. The van der Waals surface area contributed by atoms with E-state index < -0.39 is 0 Å². The molecular formula is C23H24ClN3. The van der Waals surface area contributed by atoms with Crippen molar-refractivity contribution in [2.45, 2.75) is 32.7 Å². The fourth-order valence-electron chi connectivity index (χ4n) is 3.73. The Labute approximate surface area is 166 Å². The van der Waals surface area contributed by atoms with Crippen molar-refractivity contribution in [3.63, 3.8) is 0 Å². The predicted octanol–water partition coefficient (Wildman–Crippen LogP) is 4.63. The molecule has 1 aliphatic heterocycles. The molecule has 0 radical (unpaired) electrons. The van der Waals surface area contributed by atoms with Crippen LogP contribution >= 0.6 is 11.6 Å². The van der Waals surface area contributed by atoms with E-state index in [0.29, 0.717) is 5.15 Å². The van der Waals surface area contributed by atoms with Crippen molar-refractivity contribution in [2.75, 3.05) is 13.1 Å². The van der Waals surface area contributed by atoms with Crippen LogP contribution < -0.4 is 0 Å². The smallest absolute Gasteiger partial charge is 0.136 e. The molecule has 4 heteroatoms. The molecule has 1 aliphatic rings. The van der Waals surface area contributed by atoms with E-state index >= 15 is 0 Å². The van der Waals surface area contributed by atoms with Crippen LogP contribution in [0.15, 0.2) is 54.6 Å². The highest BCUT2D eigenvalue weighted by Gasteiger charge is 2.19. The molecule has 4 rings (SSSR count). The van der Waals surface area contributed by atoms with Crippen LogP contribution in [-0.2, 0) is 25.8 Å². The first-order chi connectivity index (χ1) is 13.2. The van der Waals surface area contributed by atoms with Gasteiger partial charge < -0.3 is 0 Å². The molecule has 0 aliphatic carbocycles. The monoisotopic (exact) mass is 377 g/mol. The van der Waals surface area contributed by atoms with Crippen LogP contribution in [0.5, 0.6) is 0 Å². The summed E-state index contributed by atoms with van der Waals surface area (Å²) in [5.41, 5.74) is 6.07. The fraction of sp³-hybridized carbons (Fsp3) is 0.304. The van der Waals surface area contributed by atoms with Gasteiger partial charge in [-0.3, -0.25) is 4.90 Å². The highest BCUT2D eigenvalue weighted by molar-refractivity contribution is 6.30. The summed E-state index contributed by atoms with van der Waals surface area (Å²) in [6.45, 7) is 5.06. The van der Waals surface area contributed by atoms with Crippen molar-refractivity contribution in [1.82, 2.24) is 14.9 Å². The van der Waals surface area contributed by atoms with Crippen molar-refractivity contribution in [3.05, 3.63) is 93.5 Å². The molecule has 0 saturated heterocycles. The summed E-state index contributed by atoms with van der Waals surface area (Å²) in [4.78, 5) is 12.0. The Hall–Kier alpha value is -2.23. The minimum atomic E-state index is 0.629. The van der Waals surface area contributed by atoms with E-state index in [1.54, 1.807) is 0 Å². The Morgan fingerprint density at radius 1 is 0.926 bits per heavy atom. The molecule has 3 nitrogen and oxygen atoms in total. The van der Waals surface area contributed by atoms with E-state index in [4.69, 9.17) is 16.6 Å². The molecule has 138 valence electrons. The third kappa shape index (κ3) is 4.55. The number of hydrogen-bond acceptors (Lipinski definition) is 3. The van der Waals surface area contributed by atoms with Gasteiger partial charge in [-0.1, -0.05) is 71.8 Å². The van der Waals surface area contributed by atoms with Crippen molar-refractivity contribution in [3.8, 4) is 0 Å². The summed E-state index contributed by atoms with van der Waals surface area (Å²) < 4.78 is 0. The van der Waals surface area contributed by atoms with Gasteiger partial charge in [-0.25, -0.2) is 9.97 Å². The average Bonchev–Trinajstić information content (AvgIpc) is 2.86. The summed E-state index contributed by atoms with van der Waals surface area (Å²) in [6, 6.07) is 19.1. The van der Waals surface area contributed by atoms with Gasteiger partial charge >= 0.3 is 0 Å². The van der Waals surface area contributed by atoms with Crippen LogP contribution in [0.4, 0.5) is 0 Å². The highest BCUT2D eigenvalue weighted by Crippen LogP contribution is 2.23. The number of fused-ring (bicyclic) bond motifs is 1. The number of nitrogens with zero attached hydrogens (tertiary/aromatic N) is 3. The first-order valence-electron chi connectivity index (χ1n) is 9.53. The van der Waals surface area contributed by atoms with Crippen LogP contribution in [0.2, 0.25) is 5.15 Å². The van der Waals surface area contributed by atoms with Gasteiger partial charge in [0.15, 0.2) is 0 Å². The number of aryl methyl sites for hydroxylation is 1. The summed E-state index contributed by atoms with van der Waals surface area (Å²) in [5.74, 6) is 0.820. The minimum absolute atomic E-state index is 0.629. The molecule has 0 fully saturated rings. The van der Waals surface area contributed by atoms with Crippen LogP contribution in [-0.4, -0.2) is 28.0 Å². The maximum Gasteiger partial charge on any atom is 0.136 e. The van der Waals surface area contributed by atoms with Crippen molar-refractivity contribution < 1.29 is 0 Å². The number of benzene rings is 2. The Morgan fingerprint density at radius 3 is 2.52 bits per heavy atom. The molecule has 1 aromatic heterocycles. The zero-order valence-corrected chi connectivity index (χ0v) is 16.4. The Balaban J connectivity index is 1.50. The first-order valence-corrected chi connectivity index (χ1v) is 9.91.